The van der Waals surface area contributed by atoms with Gasteiger partial charge in [0.1, 0.15) is 11.5 Å². The van der Waals surface area contributed by atoms with E-state index in [1.807, 2.05) is 62.2 Å². The van der Waals surface area contributed by atoms with Crippen LogP contribution in [0, 0.1) is 0 Å². The van der Waals surface area contributed by atoms with Crippen LogP contribution in [0.25, 0.3) is 0 Å². The zero-order valence-electron chi connectivity index (χ0n) is 22.0. The second-order valence-corrected chi connectivity index (χ2v) is 8.76. The van der Waals surface area contributed by atoms with E-state index in [0.29, 0.717) is 28.6 Å². The molecule has 35 heavy (non-hydrogen) atoms. The largest absolute Gasteiger partial charge is 0.496 e. The Labute approximate surface area is 207 Å². The quantitative estimate of drug-likeness (QED) is 0.205. The molecule has 0 spiro atoms. The summed E-state index contributed by atoms with van der Waals surface area (Å²) in [5, 5.41) is 0. The van der Waals surface area contributed by atoms with Gasteiger partial charge in [-0.15, -0.1) is 0 Å². The number of nitrogens with zero attached hydrogens (tertiary/aromatic N) is 7. The molecule has 2 aromatic rings. The van der Waals surface area contributed by atoms with Gasteiger partial charge in [-0.2, -0.15) is 4.98 Å². The average molecular weight is 482 g/mol. The fourth-order valence-electron chi connectivity index (χ4n) is 2.82. The summed E-state index contributed by atoms with van der Waals surface area (Å²) in [5.41, 5.74) is 1.25. The Morgan fingerprint density at radius 3 is 2.17 bits per heavy atom. The Bertz CT molecular complexity index is 1110. The number of ether oxygens (including phenoxy) is 2. The van der Waals surface area contributed by atoms with Crippen LogP contribution in [0.15, 0.2) is 40.6 Å². The topological polar surface area (TPSA) is 95.7 Å². The Morgan fingerprint density at radius 2 is 1.60 bits per heavy atom. The van der Waals surface area contributed by atoms with Crippen LogP contribution in [-0.2, 0) is 0 Å². The molecular weight excluding hydrogens is 446 g/mol. The Kier molecular flexibility index (Phi) is 9.74. The van der Waals surface area contributed by atoms with Crippen molar-refractivity contribution in [2.24, 2.45) is 9.98 Å². The Balaban J connectivity index is 2.60. The van der Waals surface area contributed by atoms with E-state index in [2.05, 4.69) is 20.0 Å². The lowest BCUT2D eigenvalue weighted by Gasteiger charge is -2.18. The molecular formula is C25H35N7O3. The molecule has 1 aromatic carbocycles. The van der Waals surface area contributed by atoms with Gasteiger partial charge in [0.2, 0.25) is 5.82 Å². The molecule has 0 bridgehead atoms. The van der Waals surface area contributed by atoms with E-state index in [4.69, 9.17) is 9.47 Å². The van der Waals surface area contributed by atoms with Crippen molar-refractivity contribution in [3.63, 3.8) is 0 Å². The molecule has 0 amide bonds. The fourth-order valence-corrected chi connectivity index (χ4v) is 2.82. The van der Waals surface area contributed by atoms with Gasteiger partial charge in [-0.3, -0.25) is 4.79 Å². The molecule has 0 saturated carbocycles. The molecule has 0 aliphatic rings. The molecule has 0 atom stereocenters. The maximum atomic E-state index is 12.9. The van der Waals surface area contributed by atoms with E-state index >= 15 is 0 Å². The van der Waals surface area contributed by atoms with Crippen molar-refractivity contribution in [2.45, 2.75) is 19.8 Å². The van der Waals surface area contributed by atoms with E-state index in [1.54, 1.807) is 46.8 Å². The highest BCUT2D eigenvalue weighted by atomic mass is 16.5. The standard InChI is InChI=1S/C25H35N7O3/c1-17(2)18-12-21(34-9)19(20(33)10-11-30(3)4)13-22(18)35-23-14-26-25(28-16-32(7)8)29-24(23)27-15-31(5)6/h10-17H,1-9H3/b11-10+,27-15?,28-16?. The summed E-state index contributed by atoms with van der Waals surface area (Å²) in [6.45, 7) is 4.07. The predicted octanol–water partition coefficient (Wildman–Crippen LogP) is 4.10. The number of aromatic nitrogens is 2. The Hall–Kier alpha value is -3.95. The molecule has 1 heterocycles. The molecule has 0 aliphatic heterocycles. The number of hydrogen-bond donors (Lipinski definition) is 0. The van der Waals surface area contributed by atoms with E-state index in [-0.39, 0.29) is 17.6 Å². The van der Waals surface area contributed by atoms with E-state index in [1.165, 1.54) is 12.3 Å². The van der Waals surface area contributed by atoms with Crippen LogP contribution in [0.5, 0.6) is 17.2 Å². The number of benzene rings is 1. The zero-order chi connectivity index (χ0) is 26.1. The number of hydrogen-bond acceptors (Lipinski definition) is 8. The van der Waals surface area contributed by atoms with Crippen LogP contribution in [0.2, 0.25) is 0 Å². The SMILES string of the molecule is COc1cc(C(C)C)c(Oc2cnc(N=CN(C)C)nc2N=CN(C)C)cc1C(=O)/C=C/N(C)C. The second kappa shape index (κ2) is 12.5. The summed E-state index contributed by atoms with van der Waals surface area (Å²) in [6, 6.07) is 3.52. The minimum Gasteiger partial charge on any atom is -0.496 e. The van der Waals surface area contributed by atoms with Gasteiger partial charge in [-0.1, -0.05) is 13.8 Å². The van der Waals surface area contributed by atoms with Gasteiger partial charge in [0.25, 0.3) is 5.95 Å². The maximum Gasteiger partial charge on any atom is 0.253 e. The summed E-state index contributed by atoms with van der Waals surface area (Å²) in [7, 11) is 12.7. The van der Waals surface area contributed by atoms with Crippen molar-refractivity contribution in [1.82, 2.24) is 24.7 Å². The van der Waals surface area contributed by atoms with Crippen LogP contribution >= 0.6 is 0 Å². The third-order valence-corrected chi connectivity index (χ3v) is 4.50. The average Bonchev–Trinajstić information content (AvgIpc) is 2.80. The fraction of sp³-hybridized carbons (Fsp3) is 0.400. The van der Waals surface area contributed by atoms with Crippen molar-refractivity contribution < 1.29 is 14.3 Å². The van der Waals surface area contributed by atoms with Crippen LogP contribution in [0.4, 0.5) is 11.8 Å². The first-order valence-electron chi connectivity index (χ1n) is 11.1. The first-order valence-corrected chi connectivity index (χ1v) is 11.1. The zero-order valence-corrected chi connectivity index (χ0v) is 22.0. The minimum absolute atomic E-state index is 0.0963. The molecule has 0 unspecified atom stereocenters. The van der Waals surface area contributed by atoms with E-state index in [0.717, 1.165) is 5.56 Å². The summed E-state index contributed by atoms with van der Waals surface area (Å²) >= 11 is 0. The number of rotatable bonds is 11. The van der Waals surface area contributed by atoms with Crippen molar-refractivity contribution in [2.75, 3.05) is 49.4 Å². The van der Waals surface area contributed by atoms with Gasteiger partial charge < -0.3 is 24.2 Å². The van der Waals surface area contributed by atoms with Gasteiger partial charge in [0, 0.05) is 60.1 Å². The van der Waals surface area contributed by atoms with Crippen molar-refractivity contribution >= 4 is 30.2 Å². The van der Waals surface area contributed by atoms with Gasteiger partial charge in [-0.05, 0) is 18.1 Å². The van der Waals surface area contributed by atoms with Crippen LogP contribution < -0.4 is 9.47 Å². The number of carbonyl (C=O) groups excluding carboxylic acids is 1. The molecule has 10 nitrogen and oxygen atoms in total. The molecule has 0 aliphatic carbocycles. The van der Waals surface area contributed by atoms with Crippen molar-refractivity contribution in [1.29, 1.82) is 0 Å². The highest BCUT2D eigenvalue weighted by molar-refractivity contribution is 6.07. The lowest BCUT2D eigenvalue weighted by Crippen LogP contribution is -2.08. The van der Waals surface area contributed by atoms with Crippen LogP contribution in [0.1, 0.15) is 35.7 Å². The first kappa shape index (κ1) is 27.3. The van der Waals surface area contributed by atoms with Gasteiger partial charge in [-0.25, -0.2) is 15.0 Å². The third kappa shape index (κ3) is 8.09. The number of carbonyl (C=O) groups is 1. The molecule has 188 valence electrons. The summed E-state index contributed by atoms with van der Waals surface area (Å²) in [4.78, 5) is 35.7. The van der Waals surface area contributed by atoms with Gasteiger partial charge in [0.05, 0.1) is 31.5 Å². The summed E-state index contributed by atoms with van der Waals surface area (Å²) in [6.07, 6.45) is 7.93. The van der Waals surface area contributed by atoms with Gasteiger partial charge in [0.15, 0.2) is 11.5 Å². The lowest BCUT2D eigenvalue weighted by molar-refractivity contribution is 0.104. The smallest absolute Gasteiger partial charge is 0.253 e. The van der Waals surface area contributed by atoms with Gasteiger partial charge >= 0.3 is 0 Å². The van der Waals surface area contributed by atoms with Crippen molar-refractivity contribution in [3.05, 3.63) is 41.7 Å². The highest BCUT2D eigenvalue weighted by Gasteiger charge is 2.20. The molecule has 0 saturated heterocycles. The van der Waals surface area contributed by atoms with Crippen LogP contribution in [-0.4, -0.2) is 92.5 Å². The molecule has 1 aromatic heterocycles. The van der Waals surface area contributed by atoms with Crippen molar-refractivity contribution in [3.8, 4) is 17.2 Å². The Morgan fingerprint density at radius 1 is 0.943 bits per heavy atom. The molecule has 0 N–H and O–H groups in total. The van der Waals surface area contributed by atoms with E-state index in [9.17, 15) is 4.79 Å². The number of allylic oxidation sites excluding steroid dienone is 1. The number of aliphatic imine (C=N–C) groups is 2. The number of ketones is 1. The third-order valence-electron chi connectivity index (χ3n) is 4.50. The first-order chi connectivity index (χ1) is 16.5. The predicted molar refractivity (Wildman–Crippen MR) is 140 cm³/mol. The number of methoxy groups -OCH3 is 1. The normalized spacial score (nSPS) is 11.6. The maximum absolute atomic E-state index is 12.9. The van der Waals surface area contributed by atoms with Crippen LogP contribution in [0.3, 0.4) is 0 Å². The minimum atomic E-state index is -0.203. The summed E-state index contributed by atoms with van der Waals surface area (Å²) in [5.74, 6) is 1.76. The molecule has 0 fully saturated rings. The molecule has 10 heteroatoms. The molecule has 2 rings (SSSR count). The monoisotopic (exact) mass is 481 g/mol. The van der Waals surface area contributed by atoms with E-state index < -0.39 is 0 Å². The molecule has 0 radical (unpaired) electrons. The lowest BCUT2D eigenvalue weighted by atomic mass is 9.97. The second-order valence-electron chi connectivity index (χ2n) is 8.76. The highest BCUT2D eigenvalue weighted by Crippen LogP contribution is 2.39. The summed E-state index contributed by atoms with van der Waals surface area (Å²) < 4.78 is 11.8.